The highest BCUT2D eigenvalue weighted by Gasteiger charge is 2.25. The van der Waals surface area contributed by atoms with Gasteiger partial charge in [0.15, 0.2) is 5.82 Å². The number of aromatic nitrogens is 3. The minimum Gasteiger partial charge on any atom is -0.497 e. The fourth-order valence-electron chi connectivity index (χ4n) is 3.11. The monoisotopic (exact) mass is 421 g/mol. The first-order valence-electron chi connectivity index (χ1n) is 10.1. The number of hydrogen-bond acceptors (Lipinski definition) is 5. The molecule has 162 valence electrons. The Morgan fingerprint density at radius 1 is 1.10 bits per heavy atom. The first-order chi connectivity index (χ1) is 14.9. The number of hydrogen-bond donors (Lipinski definition) is 3. The number of nitrogens with zero attached hydrogens (tertiary/aromatic N) is 2. The smallest absolute Gasteiger partial charge is 0.252 e. The van der Waals surface area contributed by atoms with Gasteiger partial charge in [-0.2, -0.15) is 5.10 Å². The molecule has 0 saturated heterocycles. The van der Waals surface area contributed by atoms with Gasteiger partial charge in [0.2, 0.25) is 5.91 Å². The van der Waals surface area contributed by atoms with Gasteiger partial charge >= 0.3 is 0 Å². The topological polar surface area (TPSA) is 109 Å². The minimum absolute atomic E-state index is 0.0856. The van der Waals surface area contributed by atoms with Crippen molar-refractivity contribution in [2.24, 2.45) is 5.92 Å². The van der Waals surface area contributed by atoms with E-state index in [1.807, 2.05) is 57.2 Å². The van der Waals surface area contributed by atoms with Gasteiger partial charge in [-0.25, -0.2) is 4.98 Å². The number of methoxy groups -OCH3 is 1. The molecule has 31 heavy (non-hydrogen) atoms. The van der Waals surface area contributed by atoms with Crippen LogP contribution >= 0.6 is 0 Å². The molecule has 1 heterocycles. The van der Waals surface area contributed by atoms with Crippen molar-refractivity contribution in [3.63, 3.8) is 0 Å². The van der Waals surface area contributed by atoms with Crippen molar-refractivity contribution in [3.05, 3.63) is 65.5 Å². The fourth-order valence-corrected chi connectivity index (χ4v) is 3.11. The molecule has 8 nitrogen and oxygen atoms in total. The maximum absolute atomic E-state index is 12.8. The van der Waals surface area contributed by atoms with Crippen molar-refractivity contribution >= 4 is 11.8 Å². The lowest BCUT2D eigenvalue weighted by molar-refractivity contribution is -0.124. The minimum atomic E-state index is -0.670. The van der Waals surface area contributed by atoms with Gasteiger partial charge in [-0.05, 0) is 48.7 Å². The molecule has 1 aromatic heterocycles. The van der Waals surface area contributed by atoms with E-state index in [2.05, 4.69) is 25.8 Å². The molecule has 8 heteroatoms. The Morgan fingerprint density at radius 2 is 1.81 bits per heavy atom. The van der Waals surface area contributed by atoms with E-state index in [9.17, 15) is 9.59 Å². The molecule has 1 unspecified atom stereocenters. The molecule has 0 aliphatic carbocycles. The maximum Gasteiger partial charge on any atom is 0.252 e. The molecule has 0 bridgehead atoms. The number of carbonyl (C=O) groups is 2. The summed E-state index contributed by atoms with van der Waals surface area (Å²) in [6, 6.07) is 14.0. The Bertz CT molecular complexity index is 1040. The fraction of sp³-hybridized carbons (Fsp3) is 0.304. The van der Waals surface area contributed by atoms with Crippen molar-refractivity contribution < 1.29 is 14.3 Å². The highest BCUT2D eigenvalue weighted by atomic mass is 16.5. The van der Waals surface area contributed by atoms with Gasteiger partial charge < -0.3 is 15.4 Å². The summed E-state index contributed by atoms with van der Waals surface area (Å²) in [7, 11) is 1.61. The lowest BCUT2D eigenvalue weighted by Crippen LogP contribution is -2.49. The molecule has 0 fully saturated rings. The van der Waals surface area contributed by atoms with E-state index >= 15 is 0 Å². The summed E-state index contributed by atoms with van der Waals surface area (Å²) >= 11 is 0. The van der Waals surface area contributed by atoms with Crippen LogP contribution in [-0.4, -0.2) is 40.1 Å². The summed E-state index contributed by atoms with van der Waals surface area (Å²) in [5.74, 6) is 1.16. The molecule has 2 amide bonds. The van der Waals surface area contributed by atoms with E-state index in [1.54, 1.807) is 19.2 Å². The molecule has 0 spiro atoms. The second kappa shape index (κ2) is 9.88. The average Bonchev–Trinajstić information content (AvgIpc) is 3.25. The third-order valence-electron chi connectivity index (χ3n) is 4.94. The Labute approximate surface area is 181 Å². The summed E-state index contributed by atoms with van der Waals surface area (Å²) in [6.07, 6.45) is 0. The third kappa shape index (κ3) is 5.48. The number of rotatable bonds is 8. The molecule has 3 N–H and O–H groups in total. The highest BCUT2D eigenvalue weighted by molar-refractivity contribution is 5.98. The van der Waals surface area contributed by atoms with Crippen LogP contribution in [0.2, 0.25) is 0 Å². The van der Waals surface area contributed by atoms with E-state index in [0.717, 1.165) is 16.9 Å². The number of aryl methyl sites for hydroxylation is 1. The average molecular weight is 422 g/mol. The van der Waals surface area contributed by atoms with E-state index in [1.165, 1.54) is 0 Å². The van der Waals surface area contributed by atoms with Crippen molar-refractivity contribution in [3.8, 4) is 17.1 Å². The van der Waals surface area contributed by atoms with Gasteiger partial charge in [0.05, 0.1) is 13.7 Å². The maximum atomic E-state index is 12.8. The molecule has 1 atom stereocenters. The van der Waals surface area contributed by atoms with Crippen LogP contribution in [0.25, 0.3) is 11.4 Å². The molecule has 0 saturated carbocycles. The van der Waals surface area contributed by atoms with Gasteiger partial charge in [0.1, 0.15) is 17.6 Å². The second-order valence-electron chi connectivity index (χ2n) is 7.56. The normalized spacial score (nSPS) is 11.8. The van der Waals surface area contributed by atoms with Gasteiger partial charge in [-0.15, -0.1) is 0 Å². The number of H-pyrrole nitrogens is 1. The van der Waals surface area contributed by atoms with Crippen molar-refractivity contribution in [1.82, 2.24) is 25.8 Å². The van der Waals surface area contributed by atoms with Crippen LogP contribution in [0.15, 0.2) is 48.5 Å². The van der Waals surface area contributed by atoms with Crippen LogP contribution in [0.3, 0.4) is 0 Å². The summed E-state index contributed by atoms with van der Waals surface area (Å²) in [4.78, 5) is 29.8. The number of carbonyl (C=O) groups excluding carboxylic acids is 2. The zero-order valence-corrected chi connectivity index (χ0v) is 18.1. The van der Waals surface area contributed by atoms with Gasteiger partial charge in [0, 0.05) is 11.1 Å². The molecular weight excluding hydrogens is 394 g/mol. The second-order valence-corrected chi connectivity index (χ2v) is 7.56. The van der Waals surface area contributed by atoms with Crippen LogP contribution < -0.4 is 15.4 Å². The number of aromatic amines is 1. The zero-order valence-electron chi connectivity index (χ0n) is 18.1. The number of nitrogens with one attached hydrogen (secondary N) is 3. The number of ether oxygens (including phenoxy) is 1. The van der Waals surface area contributed by atoms with Crippen LogP contribution in [-0.2, 0) is 11.3 Å². The summed E-state index contributed by atoms with van der Waals surface area (Å²) in [5.41, 5.74) is 2.25. The van der Waals surface area contributed by atoms with E-state index in [-0.39, 0.29) is 24.3 Å². The van der Waals surface area contributed by atoms with E-state index in [0.29, 0.717) is 17.2 Å². The van der Waals surface area contributed by atoms with Gasteiger partial charge in [-0.3, -0.25) is 14.7 Å². The Balaban J connectivity index is 1.62. The molecule has 0 aliphatic heterocycles. The molecule has 3 rings (SSSR count). The zero-order chi connectivity index (χ0) is 22.4. The molecule has 3 aromatic rings. The molecule has 0 radical (unpaired) electrons. The standard InChI is InChI=1S/C23H27N5O3/c1-14(2)20(26-22(29)18-8-6-5-7-15(18)3)23(30)24-13-19-25-21(28-27-19)16-9-11-17(31-4)12-10-16/h5-12,14,20H,13H2,1-4H3,(H,24,30)(H,26,29)(H,25,27,28). The van der Waals surface area contributed by atoms with Crippen LogP contribution in [0.1, 0.15) is 35.6 Å². The van der Waals surface area contributed by atoms with E-state index in [4.69, 9.17) is 4.74 Å². The predicted molar refractivity (Wildman–Crippen MR) is 117 cm³/mol. The van der Waals surface area contributed by atoms with Gasteiger partial charge in [0.25, 0.3) is 5.91 Å². The summed E-state index contributed by atoms with van der Waals surface area (Å²) < 4.78 is 5.15. The van der Waals surface area contributed by atoms with Crippen molar-refractivity contribution in [2.75, 3.05) is 7.11 Å². The lowest BCUT2D eigenvalue weighted by Gasteiger charge is -2.22. The lowest BCUT2D eigenvalue weighted by atomic mass is 10.0. The molecular formula is C23H27N5O3. The highest BCUT2D eigenvalue weighted by Crippen LogP contribution is 2.19. The Kier molecular flexibility index (Phi) is 7.02. The van der Waals surface area contributed by atoms with Crippen molar-refractivity contribution in [2.45, 2.75) is 33.4 Å². The first kappa shape index (κ1) is 22.0. The molecule has 0 aliphatic rings. The first-order valence-corrected chi connectivity index (χ1v) is 10.1. The Morgan fingerprint density at radius 3 is 2.45 bits per heavy atom. The Hall–Kier alpha value is -3.68. The van der Waals surface area contributed by atoms with Crippen LogP contribution in [0, 0.1) is 12.8 Å². The van der Waals surface area contributed by atoms with Gasteiger partial charge in [-0.1, -0.05) is 32.0 Å². The van der Waals surface area contributed by atoms with E-state index < -0.39 is 6.04 Å². The largest absolute Gasteiger partial charge is 0.497 e. The number of amides is 2. The van der Waals surface area contributed by atoms with Crippen LogP contribution in [0.5, 0.6) is 5.75 Å². The summed E-state index contributed by atoms with van der Waals surface area (Å²) in [5, 5.41) is 12.7. The summed E-state index contributed by atoms with van der Waals surface area (Å²) in [6.45, 7) is 5.81. The third-order valence-corrected chi connectivity index (χ3v) is 4.94. The SMILES string of the molecule is COc1ccc(-c2n[nH]c(CNC(=O)C(NC(=O)c3ccccc3C)C(C)C)n2)cc1. The number of benzene rings is 2. The quantitative estimate of drug-likeness (QED) is 0.518. The predicted octanol–water partition coefficient (Wildman–Crippen LogP) is 2.86. The van der Waals surface area contributed by atoms with Crippen LogP contribution in [0.4, 0.5) is 0 Å². The van der Waals surface area contributed by atoms with Crippen molar-refractivity contribution in [1.29, 1.82) is 0 Å². The molecule has 2 aromatic carbocycles.